The molecule has 0 amide bonds. The van der Waals surface area contributed by atoms with E-state index in [1.54, 1.807) is 0 Å². The summed E-state index contributed by atoms with van der Waals surface area (Å²) in [5.74, 6) is 3.99. The molecule has 0 spiro atoms. The number of ether oxygens (including phenoxy) is 1. The third-order valence-corrected chi connectivity index (χ3v) is 1.30. The van der Waals surface area contributed by atoms with Gasteiger partial charge in [-0.25, -0.2) is 19.2 Å². The van der Waals surface area contributed by atoms with Crippen LogP contribution in [0.5, 0.6) is 0 Å². The van der Waals surface area contributed by atoms with Crippen LogP contribution < -0.4 is 5.32 Å². The molecule has 6 nitrogen and oxygen atoms in total. The molecule has 0 aromatic carbocycles. The molecule has 0 unspecified atom stereocenters. The first kappa shape index (κ1) is 9.49. The number of carbonyl (C=O) groups excluding carboxylic acids is 4. The van der Waals surface area contributed by atoms with Crippen LogP contribution in [0.25, 0.3) is 0 Å². The van der Waals surface area contributed by atoms with Gasteiger partial charge in [-0.15, -0.1) is 0 Å². The van der Waals surface area contributed by atoms with Crippen LogP contribution in [-0.4, -0.2) is 23.8 Å². The molecule has 1 saturated heterocycles. The molecule has 0 saturated carbocycles. The molecule has 68 valence electrons. The van der Waals surface area contributed by atoms with E-state index in [0.717, 1.165) is 0 Å². The van der Waals surface area contributed by atoms with Gasteiger partial charge in [0, 0.05) is 0 Å². The van der Waals surface area contributed by atoms with E-state index in [-0.39, 0.29) is 0 Å². The van der Waals surface area contributed by atoms with Crippen molar-refractivity contribution in [3.63, 3.8) is 0 Å². The van der Waals surface area contributed by atoms with Crippen LogP contribution in [-0.2, 0) is 23.9 Å². The van der Waals surface area contributed by atoms with E-state index in [2.05, 4.69) is 10.1 Å². The number of rotatable bonds is 0. The summed E-state index contributed by atoms with van der Waals surface area (Å²) >= 11 is 0. The fraction of sp³-hybridized carbons (Fsp3) is 0. The Labute approximate surface area is 76.8 Å². The van der Waals surface area contributed by atoms with Gasteiger partial charge in [-0.3, -0.25) is 0 Å². The lowest BCUT2D eigenvalue weighted by molar-refractivity contribution is 0.304. The third kappa shape index (κ3) is 1.45. The molecule has 6 heteroatoms. The molecule has 1 heterocycles. The van der Waals surface area contributed by atoms with E-state index in [0.29, 0.717) is 0 Å². The van der Waals surface area contributed by atoms with Crippen molar-refractivity contribution in [1.29, 1.82) is 0 Å². The number of hydrogen-bond donors (Lipinski definition) is 1. The summed E-state index contributed by atoms with van der Waals surface area (Å²) in [7, 11) is 0. The highest BCUT2D eigenvalue weighted by atomic mass is 16.5. The summed E-state index contributed by atoms with van der Waals surface area (Å²) < 4.78 is 4.52. The van der Waals surface area contributed by atoms with Crippen LogP contribution in [0.1, 0.15) is 0 Å². The van der Waals surface area contributed by atoms with Crippen LogP contribution in [0.2, 0.25) is 0 Å². The molecule has 1 aliphatic heterocycles. The van der Waals surface area contributed by atoms with Crippen LogP contribution in [0, 0.1) is 0 Å². The highest BCUT2D eigenvalue weighted by molar-refractivity contribution is 5.77. The Hall–Kier alpha value is -2.60. The van der Waals surface area contributed by atoms with Crippen LogP contribution in [0.4, 0.5) is 0 Å². The second kappa shape index (κ2) is 3.87. The van der Waals surface area contributed by atoms with Crippen LogP contribution in [0.3, 0.4) is 0 Å². The smallest absolute Gasteiger partial charge is 0.246 e. The van der Waals surface area contributed by atoms with E-state index >= 15 is 0 Å². The average Bonchev–Trinajstić information content (AvgIpc) is 2.26. The molecular weight excluding hydrogens is 190 g/mol. The summed E-state index contributed by atoms with van der Waals surface area (Å²) in [4.78, 5) is 40.9. The molecular formula is C8HNO5. The molecule has 14 heavy (non-hydrogen) atoms. The molecule has 1 N–H and O–H groups in total. The first-order valence-electron chi connectivity index (χ1n) is 3.22. The minimum atomic E-state index is -0.558. The average molecular weight is 191 g/mol. The van der Waals surface area contributed by atoms with Crippen molar-refractivity contribution in [3.05, 3.63) is 22.9 Å². The Morgan fingerprint density at radius 3 is 1.50 bits per heavy atom. The maximum absolute atomic E-state index is 10.2. The Balaban J connectivity index is 3.31. The van der Waals surface area contributed by atoms with Gasteiger partial charge >= 0.3 is 0 Å². The number of nitrogens with one attached hydrogen (secondary N) is 1. The van der Waals surface area contributed by atoms with Gasteiger partial charge in [0.25, 0.3) is 0 Å². The van der Waals surface area contributed by atoms with Crippen molar-refractivity contribution < 1.29 is 23.9 Å². The standard InChI is InChI=1S/C8HNO5/c10-1-5-7(3-12)14-8(4-13)6(2-11)9-5/h9H. The first-order valence-corrected chi connectivity index (χ1v) is 3.22. The van der Waals surface area contributed by atoms with Crippen molar-refractivity contribution in [3.8, 4) is 0 Å². The summed E-state index contributed by atoms with van der Waals surface area (Å²) in [6, 6.07) is 0. The molecule has 1 rings (SSSR count). The second-order valence-electron chi connectivity index (χ2n) is 2.04. The van der Waals surface area contributed by atoms with Crippen molar-refractivity contribution in [2.45, 2.75) is 0 Å². The van der Waals surface area contributed by atoms with Gasteiger partial charge in [-0.2, -0.15) is 0 Å². The van der Waals surface area contributed by atoms with Crippen molar-refractivity contribution in [2.24, 2.45) is 0 Å². The van der Waals surface area contributed by atoms with E-state index in [1.165, 1.54) is 23.8 Å². The zero-order valence-electron chi connectivity index (χ0n) is 6.54. The summed E-state index contributed by atoms with van der Waals surface area (Å²) in [6.07, 6.45) is 0. The molecule has 0 atom stereocenters. The largest absolute Gasteiger partial charge is 0.428 e. The van der Waals surface area contributed by atoms with Gasteiger partial charge in [0.2, 0.25) is 11.5 Å². The normalized spacial score (nSPS) is 14.3. The van der Waals surface area contributed by atoms with Crippen molar-refractivity contribution >= 4 is 23.8 Å². The minimum absolute atomic E-state index is 0.419. The maximum atomic E-state index is 10.2. The molecule has 0 aromatic rings. The summed E-state index contributed by atoms with van der Waals surface area (Å²) in [5.41, 5.74) is -0.838. The molecule has 1 aliphatic rings. The van der Waals surface area contributed by atoms with Gasteiger partial charge < -0.3 is 10.1 Å². The van der Waals surface area contributed by atoms with Crippen LogP contribution >= 0.6 is 0 Å². The monoisotopic (exact) mass is 191 g/mol. The molecule has 0 aliphatic carbocycles. The van der Waals surface area contributed by atoms with Gasteiger partial charge in [-0.05, 0) is 0 Å². The predicted octanol–water partition coefficient (Wildman–Crippen LogP) is -1.53. The zero-order chi connectivity index (χ0) is 10.6. The quantitative estimate of drug-likeness (QED) is 0.467. The molecule has 0 bridgehead atoms. The molecule has 0 aromatic heterocycles. The fourth-order valence-electron chi connectivity index (χ4n) is 0.730. The topological polar surface area (TPSA) is 89.5 Å². The lowest BCUT2D eigenvalue weighted by Gasteiger charge is -2.15. The first-order chi connectivity index (χ1) is 6.76. The zero-order valence-corrected chi connectivity index (χ0v) is 6.54. The van der Waals surface area contributed by atoms with Gasteiger partial charge in [-0.1, -0.05) is 0 Å². The van der Waals surface area contributed by atoms with E-state index in [4.69, 9.17) is 0 Å². The van der Waals surface area contributed by atoms with E-state index in [9.17, 15) is 19.2 Å². The lowest BCUT2D eigenvalue weighted by Crippen LogP contribution is -2.25. The van der Waals surface area contributed by atoms with Crippen LogP contribution in [0.15, 0.2) is 22.9 Å². The minimum Gasteiger partial charge on any atom is -0.428 e. The van der Waals surface area contributed by atoms with E-state index in [1.807, 2.05) is 0 Å². The Bertz CT molecular complexity index is 388. The molecule has 0 radical (unpaired) electrons. The fourth-order valence-corrected chi connectivity index (χ4v) is 0.730. The second-order valence-corrected chi connectivity index (χ2v) is 2.04. The highest BCUT2D eigenvalue weighted by Gasteiger charge is 2.25. The summed E-state index contributed by atoms with van der Waals surface area (Å²) in [6.45, 7) is 0. The SMILES string of the molecule is O=C=C1NC(=C=O)C(=C=O)OC1=C=O. The maximum Gasteiger partial charge on any atom is 0.246 e. The molecule has 1 fully saturated rings. The lowest BCUT2D eigenvalue weighted by atomic mass is 10.3. The van der Waals surface area contributed by atoms with Gasteiger partial charge in [0.15, 0.2) is 35.2 Å². The Kier molecular flexibility index (Phi) is 2.63. The third-order valence-electron chi connectivity index (χ3n) is 1.30. The Morgan fingerprint density at radius 1 is 0.786 bits per heavy atom. The van der Waals surface area contributed by atoms with Gasteiger partial charge in [0.1, 0.15) is 0 Å². The number of morpholine rings is 1. The number of hydrogen-bond acceptors (Lipinski definition) is 6. The van der Waals surface area contributed by atoms with E-state index < -0.39 is 22.9 Å². The van der Waals surface area contributed by atoms with Crippen molar-refractivity contribution in [1.82, 2.24) is 5.32 Å². The Morgan fingerprint density at radius 2 is 1.21 bits per heavy atom. The van der Waals surface area contributed by atoms with Gasteiger partial charge in [0.05, 0.1) is 0 Å². The highest BCUT2D eigenvalue weighted by Crippen LogP contribution is 2.18. The predicted molar refractivity (Wildman–Crippen MR) is 41.0 cm³/mol. The summed E-state index contributed by atoms with van der Waals surface area (Å²) in [5, 5.41) is 2.12. The van der Waals surface area contributed by atoms with Crippen molar-refractivity contribution in [2.75, 3.05) is 0 Å².